The summed E-state index contributed by atoms with van der Waals surface area (Å²) >= 11 is 0. The molecular weight excluding hydrogens is 474 g/mol. The van der Waals surface area contributed by atoms with E-state index in [4.69, 9.17) is 0 Å². The molecule has 0 saturated carbocycles. The molecule has 1 saturated heterocycles. The lowest BCUT2D eigenvalue weighted by Gasteiger charge is -2.36. The molecule has 4 aromatic carbocycles. The molecule has 7 rings (SSSR count). The highest BCUT2D eigenvalue weighted by Crippen LogP contribution is 2.60. The largest absolute Gasteiger partial charge is 0.325 e. The molecule has 0 aliphatic carbocycles. The zero-order valence-corrected chi connectivity index (χ0v) is 20.5. The summed E-state index contributed by atoms with van der Waals surface area (Å²) < 4.78 is 0. The number of anilines is 2. The number of amides is 2. The van der Waals surface area contributed by atoms with Gasteiger partial charge < -0.3 is 10.6 Å². The zero-order valence-electron chi connectivity index (χ0n) is 20.5. The van der Waals surface area contributed by atoms with E-state index in [0.29, 0.717) is 28.9 Å². The van der Waals surface area contributed by atoms with Gasteiger partial charge in [-0.25, -0.2) is 0 Å². The van der Waals surface area contributed by atoms with Gasteiger partial charge in [-0.05, 0) is 29.7 Å². The van der Waals surface area contributed by atoms with Crippen molar-refractivity contribution in [3.63, 3.8) is 0 Å². The van der Waals surface area contributed by atoms with Gasteiger partial charge in [-0.3, -0.25) is 19.7 Å². The first-order chi connectivity index (χ1) is 18.6. The number of hydrogen-bond acceptors (Lipinski definition) is 4. The number of benzene rings is 4. The zero-order chi connectivity index (χ0) is 25.9. The van der Waals surface area contributed by atoms with E-state index in [1.807, 2.05) is 97.1 Å². The van der Waals surface area contributed by atoms with E-state index in [1.165, 1.54) is 0 Å². The number of Topliss-reactive ketones (excluding diaryl/α,β-unsaturated/α-hetero) is 1. The van der Waals surface area contributed by atoms with E-state index < -0.39 is 22.9 Å². The second kappa shape index (κ2) is 8.23. The molecule has 186 valence electrons. The molecule has 4 unspecified atom stereocenters. The van der Waals surface area contributed by atoms with Gasteiger partial charge in [0.15, 0.2) is 5.78 Å². The maximum absolute atomic E-state index is 14.7. The minimum atomic E-state index is -1.43. The van der Waals surface area contributed by atoms with Crippen LogP contribution in [-0.4, -0.2) is 23.6 Å². The number of carbonyl (C=O) groups is 3. The van der Waals surface area contributed by atoms with Crippen LogP contribution in [0.25, 0.3) is 0 Å². The molecule has 6 heteroatoms. The summed E-state index contributed by atoms with van der Waals surface area (Å²) in [4.78, 5) is 43.1. The van der Waals surface area contributed by atoms with Gasteiger partial charge in [0.2, 0.25) is 11.8 Å². The summed E-state index contributed by atoms with van der Waals surface area (Å²) in [6, 6.07) is 33.3. The predicted octanol–water partition coefficient (Wildman–Crippen LogP) is 4.44. The molecule has 0 aromatic heterocycles. The van der Waals surface area contributed by atoms with Crippen molar-refractivity contribution in [3.8, 4) is 0 Å². The van der Waals surface area contributed by atoms with Crippen molar-refractivity contribution in [3.05, 3.63) is 131 Å². The van der Waals surface area contributed by atoms with E-state index in [9.17, 15) is 14.4 Å². The fourth-order valence-corrected chi connectivity index (χ4v) is 6.89. The van der Waals surface area contributed by atoms with Crippen LogP contribution in [0.3, 0.4) is 0 Å². The van der Waals surface area contributed by atoms with Crippen LogP contribution in [0.2, 0.25) is 0 Å². The SMILES string of the molecule is O=C(c1ccccc1)C1C2(NC(Cc3ccccc3)C13C(=O)Nc1ccccc13)C(=O)Nc1ccccc12. The fourth-order valence-electron chi connectivity index (χ4n) is 6.89. The molecule has 6 nitrogen and oxygen atoms in total. The first kappa shape index (κ1) is 22.6. The third kappa shape index (κ3) is 2.89. The van der Waals surface area contributed by atoms with Gasteiger partial charge in [0.25, 0.3) is 0 Å². The van der Waals surface area contributed by atoms with Crippen LogP contribution >= 0.6 is 0 Å². The van der Waals surface area contributed by atoms with Gasteiger partial charge >= 0.3 is 0 Å². The van der Waals surface area contributed by atoms with E-state index in [1.54, 1.807) is 12.1 Å². The van der Waals surface area contributed by atoms with Gasteiger partial charge in [0, 0.05) is 28.5 Å². The van der Waals surface area contributed by atoms with Crippen LogP contribution in [0, 0.1) is 5.92 Å². The standard InChI is InChI=1S/C32H25N3O3/c36-27(21-13-5-2-6-14-21)28-31(22-15-7-9-17-24(22)33-29(31)37)26(19-20-11-3-1-4-12-20)35-32(28)23-16-8-10-18-25(23)34-30(32)38/h1-18,26,28,35H,19H2,(H,33,37)(H,34,38). The van der Waals surface area contributed by atoms with Crippen LogP contribution in [0.1, 0.15) is 27.0 Å². The van der Waals surface area contributed by atoms with Crippen LogP contribution in [0.15, 0.2) is 109 Å². The quantitative estimate of drug-likeness (QED) is 0.363. The molecule has 3 N–H and O–H groups in total. The monoisotopic (exact) mass is 499 g/mol. The summed E-state index contributed by atoms with van der Waals surface area (Å²) in [5.41, 5.74) is 1.47. The highest BCUT2D eigenvalue weighted by atomic mass is 16.2. The number of nitrogens with one attached hydrogen (secondary N) is 3. The first-order valence-electron chi connectivity index (χ1n) is 12.8. The van der Waals surface area contributed by atoms with Gasteiger partial charge in [-0.1, -0.05) is 97.1 Å². The van der Waals surface area contributed by atoms with E-state index in [2.05, 4.69) is 16.0 Å². The maximum atomic E-state index is 14.7. The topological polar surface area (TPSA) is 87.3 Å². The number of fused-ring (bicyclic) bond motifs is 4. The number of ketones is 1. The molecule has 3 heterocycles. The van der Waals surface area contributed by atoms with Gasteiger partial charge in [-0.15, -0.1) is 0 Å². The second-order valence-electron chi connectivity index (χ2n) is 10.2. The lowest BCUT2D eigenvalue weighted by molar-refractivity contribution is -0.124. The minimum absolute atomic E-state index is 0.243. The molecule has 2 amide bonds. The second-order valence-corrected chi connectivity index (χ2v) is 10.2. The van der Waals surface area contributed by atoms with Crippen molar-refractivity contribution in [1.82, 2.24) is 5.32 Å². The van der Waals surface area contributed by atoms with E-state index >= 15 is 0 Å². The number of hydrogen-bond donors (Lipinski definition) is 3. The Bertz CT molecular complexity index is 1600. The van der Waals surface area contributed by atoms with E-state index in [-0.39, 0.29) is 17.6 Å². The first-order valence-corrected chi connectivity index (χ1v) is 12.8. The maximum Gasteiger partial charge on any atom is 0.250 e. The van der Waals surface area contributed by atoms with Crippen LogP contribution in [0.5, 0.6) is 0 Å². The Morgan fingerprint density at radius 2 is 1.21 bits per heavy atom. The number of para-hydroxylation sites is 2. The lowest BCUT2D eigenvalue weighted by Crippen LogP contribution is -2.54. The van der Waals surface area contributed by atoms with Crippen LogP contribution < -0.4 is 16.0 Å². The molecule has 1 fully saturated rings. The molecule has 4 atom stereocenters. The Morgan fingerprint density at radius 1 is 0.658 bits per heavy atom. The Morgan fingerprint density at radius 3 is 1.92 bits per heavy atom. The predicted molar refractivity (Wildman–Crippen MR) is 145 cm³/mol. The number of carbonyl (C=O) groups excluding carboxylic acids is 3. The summed E-state index contributed by atoms with van der Waals surface area (Å²) in [5.74, 6) is -1.86. The molecular formula is C32H25N3O3. The molecule has 0 radical (unpaired) electrons. The molecule has 4 aromatic rings. The van der Waals surface area contributed by atoms with Gasteiger partial charge in [0.1, 0.15) is 11.0 Å². The minimum Gasteiger partial charge on any atom is -0.325 e. The summed E-state index contributed by atoms with van der Waals surface area (Å²) in [6.07, 6.45) is 0.457. The highest BCUT2D eigenvalue weighted by molar-refractivity contribution is 6.18. The fraction of sp³-hybridized carbons (Fsp3) is 0.156. The normalized spacial score (nSPS) is 26.7. The third-order valence-corrected chi connectivity index (χ3v) is 8.40. The molecule has 0 bridgehead atoms. The van der Waals surface area contributed by atoms with Gasteiger partial charge in [-0.2, -0.15) is 0 Å². The number of rotatable bonds is 4. The Labute approximate surface area is 220 Å². The van der Waals surface area contributed by atoms with Gasteiger partial charge in [0.05, 0.1) is 5.92 Å². The highest BCUT2D eigenvalue weighted by Gasteiger charge is 2.74. The van der Waals surface area contributed by atoms with Crippen molar-refractivity contribution < 1.29 is 14.4 Å². The molecule has 3 aliphatic rings. The summed E-state index contributed by atoms with van der Waals surface area (Å²) in [6.45, 7) is 0. The molecule has 3 aliphatic heterocycles. The van der Waals surface area contributed by atoms with Crippen molar-refractivity contribution >= 4 is 29.0 Å². The Kier molecular flexibility index (Phi) is 4.90. The summed E-state index contributed by atoms with van der Waals surface area (Å²) in [5, 5.41) is 9.71. The smallest absolute Gasteiger partial charge is 0.250 e. The van der Waals surface area contributed by atoms with Crippen molar-refractivity contribution in [2.45, 2.75) is 23.4 Å². The average molecular weight is 500 g/mol. The van der Waals surface area contributed by atoms with Crippen molar-refractivity contribution in [2.75, 3.05) is 10.6 Å². The Balaban J connectivity index is 1.54. The van der Waals surface area contributed by atoms with Crippen LogP contribution in [-0.2, 0) is 27.0 Å². The van der Waals surface area contributed by atoms with E-state index in [0.717, 1.165) is 11.1 Å². The lowest BCUT2D eigenvalue weighted by atomic mass is 9.60. The average Bonchev–Trinajstić information content (AvgIpc) is 3.53. The molecule has 38 heavy (non-hydrogen) atoms. The Hall–Kier alpha value is -4.55. The van der Waals surface area contributed by atoms with Crippen molar-refractivity contribution in [2.24, 2.45) is 5.92 Å². The molecule has 2 spiro atoms. The summed E-state index contributed by atoms with van der Waals surface area (Å²) in [7, 11) is 0. The van der Waals surface area contributed by atoms with Crippen molar-refractivity contribution in [1.29, 1.82) is 0 Å². The van der Waals surface area contributed by atoms with Crippen LogP contribution in [0.4, 0.5) is 11.4 Å². The third-order valence-electron chi connectivity index (χ3n) is 8.40.